The van der Waals surface area contributed by atoms with Gasteiger partial charge in [-0.15, -0.1) is 0 Å². The molecule has 71 heavy (non-hydrogen) atoms. The van der Waals surface area contributed by atoms with Gasteiger partial charge in [-0.3, -0.25) is 19.2 Å². The normalized spacial score (nSPS) is 10.8. The number of nitrogens with zero attached hydrogens (tertiary/aromatic N) is 5. The van der Waals surface area contributed by atoms with E-state index < -0.39 is 0 Å². The third-order valence-corrected chi connectivity index (χ3v) is 12.0. The number of hydrogen-bond donors (Lipinski definition) is 6. The van der Waals surface area contributed by atoms with Gasteiger partial charge in [0, 0.05) is 114 Å². The highest BCUT2D eigenvalue weighted by atomic mass is 16.2. The molecule has 0 bridgehead atoms. The molecule has 368 valence electrons. The Hall–Kier alpha value is -7.93. The van der Waals surface area contributed by atoms with E-state index in [1.807, 2.05) is 60.4 Å². The van der Waals surface area contributed by atoms with E-state index in [2.05, 4.69) is 92.1 Å². The van der Waals surface area contributed by atoms with Gasteiger partial charge in [0.25, 0.3) is 11.8 Å². The Labute approximate surface area is 417 Å². The topological polar surface area (TPSA) is 197 Å². The molecule has 4 amide bonds. The average molecular weight is 956 g/mol. The highest BCUT2D eigenvalue weighted by molar-refractivity contribution is 5.96. The van der Waals surface area contributed by atoms with E-state index in [9.17, 15) is 24.4 Å². The number of amides is 4. The second kappa shape index (κ2) is 26.7. The molecule has 0 aliphatic rings. The summed E-state index contributed by atoms with van der Waals surface area (Å²) < 4.78 is 0. The molecule has 4 aromatic carbocycles. The molecule has 15 heteroatoms. The summed E-state index contributed by atoms with van der Waals surface area (Å²) in [6.45, 7) is 14.3. The van der Waals surface area contributed by atoms with Crippen LogP contribution in [0.25, 0.3) is 11.1 Å². The third kappa shape index (κ3) is 16.1. The van der Waals surface area contributed by atoms with Crippen molar-refractivity contribution in [3.05, 3.63) is 166 Å². The Balaban J connectivity index is 1.15. The number of anilines is 4. The van der Waals surface area contributed by atoms with Crippen molar-refractivity contribution in [1.82, 2.24) is 41.0 Å². The molecule has 6 aromatic rings. The summed E-state index contributed by atoms with van der Waals surface area (Å²) in [6.07, 6.45) is 4.57. The van der Waals surface area contributed by atoms with Crippen LogP contribution in [0.4, 0.5) is 23.0 Å². The molecular formula is C56H65N11O4. The summed E-state index contributed by atoms with van der Waals surface area (Å²) >= 11 is 0. The van der Waals surface area contributed by atoms with Crippen LogP contribution in [0.1, 0.15) is 67.9 Å². The molecule has 0 saturated heterocycles. The highest BCUT2D eigenvalue weighted by Crippen LogP contribution is 2.35. The van der Waals surface area contributed by atoms with E-state index in [4.69, 9.17) is 0 Å². The molecule has 0 aliphatic heterocycles. The largest absolute Gasteiger partial charge is 0.355 e. The lowest BCUT2D eigenvalue weighted by Gasteiger charge is -2.24. The van der Waals surface area contributed by atoms with Crippen LogP contribution in [0, 0.1) is 32.1 Å². The Morgan fingerprint density at radius 1 is 0.535 bits per heavy atom. The first kappa shape index (κ1) is 52.4. The molecule has 2 aromatic heterocycles. The van der Waals surface area contributed by atoms with E-state index >= 15 is 0 Å². The zero-order valence-corrected chi connectivity index (χ0v) is 41.4. The second-order valence-electron chi connectivity index (χ2n) is 17.4. The van der Waals surface area contributed by atoms with E-state index in [0.717, 1.165) is 44.8 Å². The summed E-state index contributed by atoms with van der Waals surface area (Å²) in [4.78, 5) is 63.8. The van der Waals surface area contributed by atoms with Crippen molar-refractivity contribution in [3.63, 3.8) is 0 Å². The number of hydrogen-bond acceptors (Lipinski definition) is 11. The predicted molar refractivity (Wildman–Crippen MR) is 281 cm³/mol. The number of nitrogens with one attached hydrogen (secondary N) is 6. The number of carbonyl (C=O) groups excluding carboxylic acids is 4. The van der Waals surface area contributed by atoms with Crippen molar-refractivity contribution < 1.29 is 19.2 Å². The molecule has 0 atom stereocenters. The van der Waals surface area contributed by atoms with Gasteiger partial charge in [-0.05, 0) is 116 Å². The van der Waals surface area contributed by atoms with Gasteiger partial charge in [0.05, 0.1) is 11.6 Å². The predicted octanol–water partition coefficient (Wildman–Crippen LogP) is 7.25. The number of pyridine rings is 2. The molecule has 0 fully saturated rings. The minimum atomic E-state index is -0.148. The first-order chi connectivity index (χ1) is 34.4. The van der Waals surface area contributed by atoms with Gasteiger partial charge in [-0.1, -0.05) is 66.2 Å². The summed E-state index contributed by atoms with van der Waals surface area (Å²) in [7, 11) is 0. The number of rotatable bonds is 25. The molecule has 0 saturated carbocycles. The van der Waals surface area contributed by atoms with E-state index in [-0.39, 0.29) is 23.6 Å². The zero-order chi connectivity index (χ0) is 50.5. The van der Waals surface area contributed by atoms with Crippen molar-refractivity contribution >= 4 is 46.6 Å². The minimum Gasteiger partial charge on any atom is -0.355 e. The van der Waals surface area contributed by atoms with Crippen LogP contribution in [-0.2, 0) is 22.4 Å². The Kier molecular flexibility index (Phi) is 19.7. The lowest BCUT2D eigenvalue weighted by molar-refractivity contribution is -0.119. The van der Waals surface area contributed by atoms with Crippen LogP contribution in [0.15, 0.2) is 122 Å². The molecule has 15 nitrogen and oxygen atoms in total. The highest BCUT2D eigenvalue weighted by Gasteiger charge is 2.20. The quantitative estimate of drug-likeness (QED) is 0.0317. The maximum atomic E-state index is 14.2. The number of benzene rings is 4. The molecular weight excluding hydrogens is 891 g/mol. The number of aromatic nitrogens is 2. The molecule has 0 spiro atoms. The molecule has 2 heterocycles. The van der Waals surface area contributed by atoms with E-state index in [1.54, 1.807) is 47.6 Å². The van der Waals surface area contributed by atoms with Crippen LogP contribution in [0.3, 0.4) is 0 Å². The molecule has 0 unspecified atom stereocenters. The van der Waals surface area contributed by atoms with Crippen LogP contribution < -0.4 is 31.9 Å². The fourth-order valence-electron chi connectivity index (χ4n) is 8.18. The Bertz CT molecular complexity index is 2830. The van der Waals surface area contributed by atoms with Crippen LogP contribution in [0.5, 0.6) is 0 Å². The summed E-state index contributed by atoms with van der Waals surface area (Å²) in [5.41, 5.74) is 10.5. The van der Waals surface area contributed by atoms with Gasteiger partial charge < -0.3 is 41.7 Å². The fraction of sp³-hybridized carbons (Fsp3) is 0.304. The van der Waals surface area contributed by atoms with Gasteiger partial charge >= 0.3 is 0 Å². The standard InChI is InChI=1S/C56H65N11O4/c1-39-10-6-11-44(34-39)20-30-66(32-28-58-24-26-60-42(4)68)55(70)47-18-22-62-53(36-47)64-51-16-8-14-49(40(51)2)50-15-9-17-52(41(50)3)65-54-37-48(19-23-63-54)56(71)67(33-29-59-25-27-61-43(5)69)31-21-45-12-7-13-46(35-45)38-57/h6-19,22-23,34-37,58-59H,20-21,24-33H2,1-5H3,(H,60,68)(H,61,69)(H,62,64)(H,63,65). The number of nitriles is 1. The lowest BCUT2D eigenvalue weighted by Crippen LogP contribution is -2.40. The van der Waals surface area contributed by atoms with Gasteiger partial charge in [0.1, 0.15) is 11.6 Å². The molecule has 0 aliphatic carbocycles. The van der Waals surface area contributed by atoms with Gasteiger partial charge in [-0.25, -0.2) is 9.97 Å². The summed E-state index contributed by atoms with van der Waals surface area (Å²) in [5.74, 6) is 0.646. The number of carbonyl (C=O) groups is 4. The van der Waals surface area contributed by atoms with Gasteiger partial charge in [0.2, 0.25) is 11.8 Å². The monoisotopic (exact) mass is 956 g/mol. The summed E-state index contributed by atoms with van der Waals surface area (Å²) in [6, 6.07) is 37.1. The van der Waals surface area contributed by atoms with Crippen LogP contribution in [0.2, 0.25) is 0 Å². The van der Waals surface area contributed by atoms with Crippen molar-refractivity contribution in [1.29, 1.82) is 5.26 Å². The first-order valence-corrected chi connectivity index (χ1v) is 24.1. The Morgan fingerprint density at radius 3 is 1.46 bits per heavy atom. The molecule has 0 radical (unpaired) electrons. The lowest BCUT2D eigenvalue weighted by atomic mass is 9.94. The maximum absolute atomic E-state index is 14.2. The zero-order valence-electron chi connectivity index (χ0n) is 41.4. The van der Waals surface area contributed by atoms with Crippen molar-refractivity contribution in [2.45, 2.75) is 47.5 Å². The van der Waals surface area contributed by atoms with Gasteiger partial charge in [-0.2, -0.15) is 5.26 Å². The minimum absolute atomic E-state index is 0.0773. The molecule has 6 rings (SSSR count). The Morgan fingerprint density at radius 2 is 1.00 bits per heavy atom. The van der Waals surface area contributed by atoms with Crippen LogP contribution >= 0.6 is 0 Å². The SMILES string of the molecule is CC(=O)NCCNCCN(CCc1cccc(C)c1)C(=O)c1ccnc(Nc2cccc(-c3cccc(Nc4cc(C(=O)N(CCNCCNC(C)=O)CCc5cccc(C#N)c5)ccn4)c3C)c2C)c1. The fourth-order valence-corrected chi connectivity index (χ4v) is 8.18. The average Bonchev–Trinajstić information content (AvgIpc) is 3.36. The second-order valence-corrected chi connectivity index (χ2v) is 17.4. The maximum Gasteiger partial charge on any atom is 0.254 e. The van der Waals surface area contributed by atoms with Crippen molar-refractivity contribution in [2.24, 2.45) is 0 Å². The number of aryl methyl sites for hydroxylation is 1. The smallest absolute Gasteiger partial charge is 0.254 e. The van der Waals surface area contributed by atoms with Gasteiger partial charge in [0.15, 0.2) is 0 Å². The third-order valence-electron chi connectivity index (χ3n) is 12.0. The van der Waals surface area contributed by atoms with Crippen LogP contribution in [-0.4, -0.2) is 109 Å². The van der Waals surface area contributed by atoms with Crippen molar-refractivity contribution in [2.75, 3.05) is 76.1 Å². The summed E-state index contributed by atoms with van der Waals surface area (Å²) in [5, 5.41) is 28.6. The van der Waals surface area contributed by atoms with Crippen molar-refractivity contribution in [3.8, 4) is 17.2 Å². The molecule has 6 N–H and O–H groups in total. The van der Waals surface area contributed by atoms with E-state index in [0.29, 0.717) is 107 Å². The first-order valence-electron chi connectivity index (χ1n) is 24.1. The van der Waals surface area contributed by atoms with E-state index in [1.165, 1.54) is 19.4 Å².